The van der Waals surface area contributed by atoms with Crippen molar-refractivity contribution in [2.24, 2.45) is 0 Å². The van der Waals surface area contributed by atoms with Crippen LogP contribution in [0.25, 0.3) is 16.6 Å². The molecule has 0 saturated carbocycles. The van der Waals surface area contributed by atoms with Gasteiger partial charge in [-0.15, -0.1) is 5.10 Å². The van der Waals surface area contributed by atoms with Gasteiger partial charge in [0.15, 0.2) is 28.8 Å². The summed E-state index contributed by atoms with van der Waals surface area (Å²) >= 11 is 0. The summed E-state index contributed by atoms with van der Waals surface area (Å²) in [5.41, 5.74) is 1.18. The number of para-hydroxylation sites is 1. The molecule has 0 bridgehead atoms. The number of carbonyl (C=O) groups excluding carboxylic acids is 1. The molecule has 154 valence electrons. The lowest BCUT2D eigenvalue weighted by Gasteiger charge is -2.12. The molecule has 0 fully saturated rings. The zero-order valence-electron chi connectivity index (χ0n) is 17.1. The Bertz CT molecular complexity index is 1310. The first-order valence-corrected chi connectivity index (χ1v) is 9.69. The van der Waals surface area contributed by atoms with Gasteiger partial charge >= 0.3 is 5.69 Å². The molecule has 30 heavy (non-hydrogen) atoms. The topological polar surface area (TPSA) is 87.7 Å². The summed E-state index contributed by atoms with van der Waals surface area (Å²) in [5.74, 6) is 1.38. The van der Waals surface area contributed by atoms with E-state index in [-0.39, 0.29) is 12.3 Å². The summed E-state index contributed by atoms with van der Waals surface area (Å²) in [6.07, 6.45) is 1.56. The number of benzene rings is 2. The van der Waals surface area contributed by atoms with Gasteiger partial charge in [-0.3, -0.25) is 9.36 Å². The number of carbonyl (C=O) groups is 1. The highest BCUT2D eigenvalue weighted by Gasteiger charge is 2.18. The van der Waals surface area contributed by atoms with E-state index in [9.17, 15) is 9.59 Å². The first kappa shape index (κ1) is 19.6. The van der Waals surface area contributed by atoms with Gasteiger partial charge in [-0.2, -0.15) is 4.52 Å². The fraction of sp³-hybridized carbons (Fsp3) is 0.273. The zero-order chi connectivity index (χ0) is 21.3. The smallest absolute Gasteiger partial charge is 0.351 e. The molecule has 0 saturated heterocycles. The van der Waals surface area contributed by atoms with Crippen molar-refractivity contribution in [1.82, 2.24) is 19.2 Å². The summed E-state index contributed by atoms with van der Waals surface area (Å²) in [6.45, 7) is 1.90. The average Bonchev–Trinajstić information content (AvgIpc) is 3.20. The highest BCUT2D eigenvalue weighted by Crippen LogP contribution is 2.28. The van der Waals surface area contributed by atoms with Gasteiger partial charge in [-0.1, -0.05) is 19.1 Å². The number of fused-ring (bicyclic) bond motifs is 3. The summed E-state index contributed by atoms with van der Waals surface area (Å²) < 4.78 is 13.2. The van der Waals surface area contributed by atoms with Crippen LogP contribution in [0.4, 0.5) is 0 Å². The predicted molar refractivity (Wildman–Crippen MR) is 113 cm³/mol. The lowest BCUT2D eigenvalue weighted by Crippen LogP contribution is -2.30. The van der Waals surface area contributed by atoms with Crippen LogP contribution in [0.3, 0.4) is 0 Å². The van der Waals surface area contributed by atoms with Crippen molar-refractivity contribution in [2.45, 2.75) is 26.3 Å². The van der Waals surface area contributed by atoms with Crippen molar-refractivity contribution >= 4 is 22.3 Å². The minimum Gasteiger partial charge on any atom is -0.493 e. The quantitative estimate of drug-likeness (QED) is 0.439. The fourth-order valence-corrected chi connectivity index (χ4v) is 3.50. The van der Waals surface area contributed by atoms with Crippen molar-refractivity contribution < 1.29 is 14.3 Å². The second-order valence-corrected chi connectivity index (χ2v) is 6.89. The summed E-state index contributed by atoms with van der Waals surface area (Å²) in [5, 5.41) is 5.14. The first-order valence-electron chi connectivity index (χ1n) is 9.69. The molecule has 0 radical (unpaired) electrons. The number of aryl methyl sites for hydroxylation is 1. The molecule has 0 N–H and O–H groups in total. The Morgan fingerprint density at radius 1 is 1.07 bits per heavy atom. The number of ketones is 1. The number of aromatic nitrogens is 4. The molecule has 0 aliphatic rings. The van der Waals surface area contributed by atoms with Crippen molar-refractivity contribution in [3.05, 3.63) is 64.3 Å². The van der Waals surface area contributed by atoms with E-state index in [0.29, 0.717) is 40.5 Å². The fourth-order valence-electron chi connectivity index (χ4n) is 3.50. The number of Topliss-reactive ketones (excluding diaryl/α,β-unsaturated/α-hetero) is 1. The highest BCUT2D eigenvalue weighted by molar-refractivity contribution is 5.98. The van der Waals surface area contributed by atoms with Gasteiger partial charge in [0.1, 0.15) is 0 Å². The lowest BCUT2D eigenvalue weighted by molar-refractivity contribution is 0.0971. The zero-order valence-corrected chi connectivity index (χ0v) is 17.1. The van der Waals surface area contributed by atoms with Crippen LogP contribution in [0.5, 0.6) is 11.5 Å². The van der Waals surface area contributed by atoms with E-state index < -0.39 is 5.69 Å². The van der Waals surface area contributed by atoms with Crippen molar-refractivity contribution in [3.8, 4) is 11.5 Å². The number of hydrogen-bond donors (Lipinski definition) is 0. The van der Waals surface area contributed by atoms with E-state index in [4.69, 9.17) is 9.47 Å². The van der Waals surface area contributed by atoms with Crippen LogP contribution in [0.2, 0.25) is 0 Å². The van der Waals surface area contributed by atoms with E-state index in [0.717, 1.165) is 11.8 Å². The third-order valence-electron chi connectivity index (χ3n) is 4.98. The Balaban J connectivity index is 1.83. The second-order valence-electron chi connectivity index (χ2n) is 6.89. The number of ether oxygens (including phenoxy) is 2. The van der Waals surface area contributed by atoms with Gasteiger partial charge in [-0.05, 0) is 36.8 Å². The Kier molecular flexibility index (Phi) is 5.22. The third-order valence-corrected chi connectivity index (χ3v) is 4.98. The maximum absolute atomic E-state index is 13.2. The number of nitrogens with zero attached hydrogens (tertiary/aromatic N) is 4. The molecule has 0 aliphatic heterocycles. The molecule has 0 unspecified atom stereocenters. The summed E-state index contributed by atoms with van der Waals surface area (Å²) in [4.78, 5) is 30.7. The number of methoxy groups -OCH3 is 2. The standard InChI is InChI=1S/C22H22N4O4/c1-4-7-20-23-21-15-8-5-6-9-16(15)25(22(28)26(21)24-20)13-17(27)14-10-11-18(29-2)19(12-14)30-3/h5-6,8-12H,4,7,13H2,1-3H3. The first-order chi connectivity index (χ1) is 14.6. The van der Waals surface area contributed by atoms with E-state index in [1.165, 1.54) is 23.3 Å². The van der Waals surface area contributed by atoms with E-state index in [2.05, 4.69) is 10.1 Å². The molecule has 4 aromatic rings. The predicted octanol–water partition coefficient (Wildman–Crippen LogP) is 2.90. The summed E-state index contributed by atoms with van der Waals surface area (Å²) in [6, 6.07) is 12.3. The largest absolute Gasteiger partial charge is 0.493 e. The van der Waals surface area contributed by atoms with Gasteiger partial charge in [0.25, 0.3) is 0 Å². The van der Waals surface area contributed by atoms with E-state index in [1.807, 2.05) is 31.2 Å². The lowest BCUT2D eigenvalue weighted by atomic mass is 10.1. The Hall–Kier alpha value is -3.68. The normalized spacial score (nSPS) is 11.2. The van der Waals surface area contributed by atoms with Gasteiger partial charge in [-0.25, -0.2) is 9.78 Å². The number of hydrogen-bond acceptors (Lipinski definition) is 6. The Morgan fingerprint density at radius 3 is 2.57 bits per heavy atom. The van der Waals surface area contributed by atoms with Crippen LogP contribution in [-0.2, 0) is 13.0 Å². The van der Waals surface area contributed by atoms with Gasteiger partial charge in [0.2, 0.25) is 0 Å². The molecule has 2 heterocycles. The Morgan fingerprint density at radius 2 is 1.83 bits per heavy atom. The minimum absolute atomic E-state index is 0.131. The third kappa shape index (κ3) is 3.30. The monoisotopic (exact) mass is 406 g/mol. The molecular formula is C22H22N4O4. The van der Waals surface area contributed by atoms with Gasteiger partial charge in [0.05, 0.1) is 26.3 Å². The maximum Gasteiger partial charge on any atom is 0.351 e. The molecular weight excluding hydrogens is 384 g/mol. The van der Waals surface area contributed by atoms with E-state index in [1.54, 1.807) is 18.2 Å². The molecule has 0 spiro atoms. The molecule has 2 aromatic carbocycles. The molecule has 8 nitrogen and oxygen atoms in total. The highest BCUT2D eigenvalue weighted by atomic mass is 16.5. The molecule has 4 rings (SSSR count). The van der Waals surface area contributed by atoms with Crippen LogP contribution in [-0.4, -0.2) is 39.2 Å². The van der Waals surface area contributed by atoms with Crippen molar-refractivity contribution in [3.63, 3.8) is 0 Å². The van der Waals surface area contributed by atoms with Crippen LogP contribution < -0.4 is 15.2 Å². The average molecular weight is 406 g/mol. The Labute approximate surface area is 172 Å². The van der Waals surface area contributed by atoms with Crippen molar-refractivity contribution in [1.29, 1.82) is 0 Å². The van der Waals surface area contributed by atoms with Gasteiger partial charge in [0, 0.05) is 17.4 Å². The molecule has 8 heteroatoms. The number of rotatable bonds is 7. The van der Waals surface area contributed by atoms with Crippen LogP contribution in [0.15, 0.2) is 47.3 Å². The minimum atomic E-state index is -0.396. The SMILES string of the molecule is CCCc1nc2c3ccccc3n(CC(=O)c3ccc(OC)c(OC)c3)c(=O)n2n1. The maximum atomic E-state index is 13.2. The molecule has 0 atom stereocenters. The van der Waals surface area contributed by atoms with Crippen LogP contribution in [0, 0.1) is 0 Å². The second kappa shape index (κ2) is 7.98. The van der Waals surface area contributed by atoms with Crippen molar-refractivity contribution in [2.75, 3.05) is 14.2 Å². The summed E-state index contributed by atoms with van der Waals surface area (Å²) in [7, 11) is 3.04. The van der Waals surface area contributed by atoms with Crippen LogP contribution >= 0.6 is 0 Å². The molecule has 0 aliphatic carbocycles. The van der Waals surface area contributed by atoms with Gasteiger partial charge < -0.3 is 9.47 Å². The van der Waals surface area contributed by atoms with E-state index >= 15 is 0 Å². The van der Waals surface area contributed by atoms with Crippen LogP contribution in [0.1, 0.15) is 29.5 Å². The molecule has 2 aromatic heterocycles. The molecule has 0 amide bonds.